The highest BCUT2D eigenvalue weighted by molar-refractivity contribution is 7.99. The summed E-state index contributed by atoms with van der Waals surface area (Å²) in [5.41, 5.74) is 9.51. The number of nitrogens with two attached hydrogens (primary N) is 1. The van der Waals surface area contributed by atoms with Crippen LogP contribution in [0.25, 0.3) is 10.2 Å². The first-order chi connectivity index (χ1) is 8.66. The molecule has 3 rings (SSSR count). The number of nitrogens with zero attached hydrogens (tertiary/aromatic N) is 4. The summed E-state index contributed by atoms with van der Waals surface area (Å²) >= 11 is 3.10. The van der Waals surface area contributed by atoms with Gasteiger partial charge in [0, 0.05) is 11.9 Å². The second kappa shape index (κ2) is 4.25. The van der Waals surface area contributed by atoms with Crippen molar-refractivity contribution in [1.29, 1.82) is 0 Å². The number of hydrogen-bond acceptors (Lipinski definition) is 6. The number of anilines is 1. The number of hydrogen-bond donors (Lipinski definition) is 1. The number of aromatic nitrogens is 4. The van der Waals surface area contributed by atoms with Crippen molar-refractivity contribution in [3.05, 3.63) is 23.5 Å². The van der Waals surface area contributed by atoms with Crippen LogP contribution in [0, 0.1) is 6.92 Å². The molecule has 0 radical (unpaired) electrons. The Balaban J connectivity index is 2.04. The molecular formula is C11H11N5S2. The van der Waals surface area contributed by atoms with E-state index in [1.807, 2.05) is 36.2 Å². The molecule has 0 amide bonds. The second-order valence-corrected chi connectivity index (χ2v) is 5.76. The molecule has 2 N–H and O–H groups in total. The van der Waals surface area contributed by atoms with Gasteiger partial charge < -0.3 is 10.3 Å². The maximum absolute atomic E-state index is 6.13. The zero-order valence-corrected chi connectivity index (χ0v) is 11.5. The molecular weight excluding hydrogens is 266 g/mol. The van der Waals surface area contributed by atoms with Gasteiger partial charge in [0.15, 0.2) is 5.16 Å². The van der Waals surface area contributed by atoms with E-state index in [0.717, 1.165) is 26.1 Å². The highest BCUT2D eigenvalue weighted by atomic mass is 32.2. The lowest BCUT2D eigenvalue weighted by molar-refractivity contribution is 0.766. The average Bonchev–Trinajstić information content (AvgIpc) is 2.95. The largest absolute Gasteiger partial charge is 0.396 e. The fourth-order valence-corrected chi connectivity index (χ4v) is 3.18. The highest BCUT2D eigenvalue weighted by Gasteiger charge is 2.12. The van der Waals surface area contributed by atoms with Gasteiger partial charge >= 0.3 is 0 Å². The van der Waals surface area contributed by atoms with Crippen molar-refractivity contribution in [2.75, 3.05) is 5.73 Å². The van der Waals surface area contributed by atoms with Gasteiger partial charge in [-0.2, -0.15) is 0 Å². The summed E-state index contributed by atoms with van der Waals surface area (Å²) in [6.45, 7) is 1.92. The summed E-state index contributed by atoms with van der Waals surface area (Å²) in [5.74, 6) is 0.880. The number of aryl methyl sites for hydroxylation is 1. The third-order valence-corrected chi connectivity index (χ3v) is 4.66. The third kappa shape index (κ3) is 1.75. The zero-order valence-electron chi connectivity index (χ0n) is 9.91. The Morgan fingerprint density at radius 1 is 1.33 bits per heavy atom. The Morgan fingerprint density at radius 2 is 2.17 bits per heavy atom. The van der Waals surface area contributed by atoms with Gasteiger partial charge in [-0.3, -0.25) is 0 Å². The van der Waals surface area contributed by atoms with Gasteiger partial charge in [-0.1, -0.05) is 0 Å². The molecule has 0 bridgehead atoms. The molecule has 1 aromatic carbocycles. The first-order valence-electron chi connectivity index (χ1n) is 5.32. The van der Waals surface area contributed by atoms with E-state index in [4.69, 9.17) is 5.73 Å². The van der Waals surface area contributed by atoms with Crippen molar-refractivity contribution >= 4 is 39.0 Å². The topological polar surface area (TPSA) is 69.6 Å². The van der Waals surface area contributed by atoms with E-state index >= 15 is 0 Å². The van der Waals surface area contributed by atoms with Crippen LogP contribution in [0.1, 0.15) is 5.82 Å². The molecule has 0 fully saturated rings. The fraction of sp³-hybridized carbons (Fsp3) is 0.182. The molecule has 0 aliphatic carbocycles. The number of thiazole rings is 1. The number of rotatable bonds is 2. The predicted octanol–water partition coefficient (Wildman–Crippen LogP) is 2.47. The van der Waals surface area contributed by atoms with Gasteiger partial charge in [-0.25, -0.2) is 4.98 Å². The lowest BCUT2D eigenvalue weighted by Gasteiger charge is -2.05. The van der Waals surface area contributed by atoms with E-state index in [1.165, 1.54) is 11.8 Å². The molecule has 0 saturated heterocycles. The van der Waals surface area contributed by atoms with Crippen molar-refractivity contribution in [3.8, 4) is 0 Å². The molecule has 0 aliphatic heterocycles. The molecule has 92 valence electrons. The van der Waals surface area contributed by atoms with E-state index in [1.54, 1.807) is 11.3 Å². The van der Waals surface area contributed by atoms with E-state index in [-0.39, 0.29) is 0 Å². The van der Waals surface area contributed by atoms with Crippen LogP contribution in [0.3, 0.4) is 0 Å². The molecule has 2 heterocycles. The third-order valence-electron chi connectivity index (χ3n) is 2.76. The average molecular weight is 277 g/mol. The smallest absolute Gasteiger partial charge is 0.195 e. The maximum Gasteiger partial charge on any atom is 0.195 e. The van der Waals surface area contributed by atoms with Crippen LogP contribution in [-0.2, 0) is 7.05 Å². The summed E-state index contributed by atoms with van der Waals surface area (Å²) in [6.07, 6.45) is 0. The Labute approximate surface area is 112 Å². The van der Waals surface area contributed by atoms with Crippen LogP contribution in [0.4, 0.5) is 5.69 Å². The Kier molecular flexibility index (Phi) is 2.71. The number of fused-ring (bicyclic) bond motifs is 1. The summed E-state index contributed by atoms with van der Waals surface area (Å²) in [7, 11) is 1.94. The summed E-state index contributed by atoms with van der Waals surface area (Å²) in [5, 5.41) is 8.98. The second-order valence-electron chi connectivity index (χ2n) is 3.87. The molecule has 5 nitrogen and oxygen atoms in total. The molecule has 2 aromatic heterocycles. The van der Waals surface area contributed by atoms with Gasteiger partial charge in [0.1, 0.15) is 11.3 Å². The Hall–Kier alpha value is -1.60. The summed E-state index contributed by atoms with van der Waals surface area (Å²) < 4.78 is 3.04. The summed E-state index contributed by atoms with van der Waals surface area (Å²) in [4.78, 5) is 5.25. The lowest BCUT2D eigenvalue weighted by atomic mass is 10.3. The predicted molar refractivity (Wildman–Crippen MR) is 73.9 cm³/mol. The van der Waals surface area contributed by atoms with Crippen molar-refractivity contribution in [1.82, 2.24) is 19.7 Å². The van der Waals surface area contributed by atoms with Crippen LogP contribution < -0.4 is 5.73 Å². The number of benzene rings is 1. The lowest BCUT2D eigenvalue weighted by Crippen LogP contribution is -1.95. The Morgan fingerprint density at radius 3 is 2.89 bits per heavy atom. The molecule has 0 aliphatic rings. The molecule has 0 unspecified atom stereocenters. The minimum atomic E-state index is 0.708. The van der Waals surface area contributed by atoms with Crippen LogP contribution in [0.2, 0.25) is 0 Å². The van der Waals surface area contributed by atoms with Gasteiger partial charge in [0.05, 0.1) is 15.9 Å². The van der Waals surface area contributed by atoms with Crippen molar-refractivity contribution in [2.24, 2.45) is 7.05 Å². The van der Waals surface area contributed by atoms with Crippen LogP contribution in [0.5, 0.6) is 0 Å². The van der Waals surface area contributed by atoms with Crippen molar-refractivity contribution in [2.45, 2.75) is 17.0 Å². The zero-order chi connectivity index (χ0) is 12.7. The highest BCUT2D eigenvalue weighted by Crippen LogP contribution is 2.35. The van der Waals surface area contributed by atoms with Crippen LogP contribution in [-0.4, -0.2) is 19.7 Å². The van der Waals surface area contributed by atoms with Crippen molar-refractivity contribution < 1.29 is 0 Å². The van der Waals surface area contributed by atoms with Crippen LogP contribution in [0.15, 0.2) is 27.7 Å². The minimum absolute atomic E-state index is 0.708. The molecule has 7 heteroatoms. The first kappa shape index (κ1) is 11.5. The van der Waals surface area contributed by atoms with Gasteiger partial charge in [0.25, 0.3) is 0 Å². The van der Waals surface area contributed by atoms with Crippen LogP contribution >= 0.6 is 23.1 Å². The van der Waals surface area contributed by atoms with Gasteiger partial charge in [-0.05, 0) is 30.8 Å². The van der Waals surface area contributed by atoms with Gasteiger partial charge in [0.2, 0.25) is 0 Å². The summed E-state index contributed by atoms with van der Waals surface area (Å²) in [6, 6.07) is 4.04. The maximum atomic E-state index is 6.13. The molecule has 18 heavy (non-hydrogen) atoms. The molecule has 0 spiro atoms. The fourth-order valence-electron chi connectivity index (χ4n) is 1.60. The van der Waals surface area contributed by atoms with E-state index < -0.39 is 0 Å². The number of nitrogen functional groups attached to an aromatic ring is 1. The molecule has 3 aromatic rings. The SMILES string of the molecule is Cc1nnc(Sc2ccc3scnc3c2N)n1C. The molecule has 0 saturated carbocycles. The quantitative estimate of drug-likeness (QED) is 0.729. The monoisotopic (exact) mass is 277 g/mol. The van der Waals surface area contributed by atoms with E-state index in [9.17, 15) is 0 Å². The molecule has 0 atom stereocenters. The van der Waals surface area contributed by atoms with E-state index in [2.05, 4.69) is 15.2 Å². The Bertz CT molecular complexity index is 715. The van der Waals surface area contributed by atoms with Gasteiger partial charge in [-0.15, -0.1) is 21.5 Å². The minimum Gasteiger partial charge on any atom is -0.396 e. The van der Waals surface area contributed by atoms with E-state index in [0.29, 0.717) is 5.69 Å². The first-order valence-corrected chi connectivity index (χ1v) is 7.02. The van der Waals surface area contributed by atoms with Crippen molar-refractivity contribution in [3.63, 3.8) is 0 Å². The standard InChI is InChI=1S/C11H11N5S2/c1-6-14-15-11(16(6)2)18-7-3-4-8-10(9(7)12)13-5-17-8/h3-5H,12H2,1-2H3. The normalized spacial score (nSPS) is 11.2.